The summed E-state index contributed by atoms with van der Waals surface area (Å²) in [6.07, 6.45) is 0.469. The van der Waals surface area contributed by atoms with Crippen molar-refractivity contribution in [2.75, 3.05) is 13.2 Å². The highest BCUT2D eigenvalue weighted by molar-refractivity contribution is 5.60. The van der Waals surface area contributed by atoms with Crippen LogP contribution < -0.4 is 11.5 Å². The lowest BCUT2D eigenvalue weighted by Gasteiger charge is -2.42. The Bertz CT molecular complexity index is 655. The van der Waals surface area contributed by atoms with Crippen LogP contribution in [0, 0.1) is 5.41 Å². The first kappa shape index (κ1) is 35.0. The molecule has 0 saturated carbocycles. The molecule has 0 bridgehead atoms. The van der Waals surface area contributed by atoms with Crippen molar-refractivity contribution in [3.63, 3.8) is 0 Å². The summed E-state index contributed by atoms with van der Waals surface area (Å²) in [5, 5.41) is 9.91. The summed E-state index contributed by atoms with van der Waals surface area (Å²) >= 11 is 0. The largest absolute Gasteiger partial charge is 0.509 e. The molecule has 9 nitrogen and oxygen atoms in total. The predicted molar refractivity (Wildman–Crippen MR) is 142 cm³/mol. The molecule has 4 unspecified atom stereocenters. The number of nitrogens with two attached hydrogens (primary N) is 2. The fraction of sp³-hybridized carbons (Fsp3) is 0.963. The van der Waals surface area contributed by atoms with Crippen LogP contribution in [0.25, 0.3) is 0 Å². The smallest absolute Gasteiger partial charge is 0.431 e. The molecule has 0 aromatic heterocycles. The van der Waals surface area contributed by atoms with Crippen LogP contribution >= 0.6 is 0 Å². The minimum absolute atomic E-state index is 0.159. The second-order valence-corrected chi connectivity index (χ2v) is 12.9. The Hall–Kier alpha value is -0.970. The van der Waals surface area contributed by atoms with Crippen LogP contribution in [0.5, 0.6) is 0 Å². The molecule has 216 valence electrons. The lowest BCUT2D eigenvalue weighted by Crippen LogP contribution is -2.54. The second-order valence-electron chi connectivity index (χ2n) is 12.9. The summed E-state index contributed by atoms with van der Waals surface area (Å²) in [5.74, 6) is 0. The average molecular weight is 521 g/mol. The minimum Gasteiger partial charge on any atom is -0.431 e. The van der Waals surface area contributed by atoms with Gasteiger partial charge in [-0.2, -0.15) is 0 Å². The van der Waals surface area contributed by atoms with E-state index >= 15 is 0 Å². The first-order valence-electron chi connectivity index (χ1n) is 13.1. The number of rotatable bonds is 17. The molecular formula is C27H56N2O7. The molecule has 5 N–H and O–H groups in total. The van der Waals surface area contributed by atoms with Gasteiger partial charge in [0.25, 0.3) is 0 Å². The van der Waals surface area contributed by atoms with Gasteiger partial charge in [-0.25, -0.2) is 4.79 Å². The number of hydrogen-bond donors (Lipinski definition) is 3. The molecule has 36 heavy (non-hydrogen) atoms. The van der Waals surface area contributed by atoms with Gasteiger partial charge < -0.3 is 40.3 Å². The van der Waals surface area contributed by atoms with E-state index in [1.54, 1.807) is 34.6 Å². The van der Waals surface area contributed by atoms with E-state index in [1.165, 1.54) is 0 Å². The molecule has 0 amide bonds. The summed E-state index contributed by atoms with van der Waals surface area (Å²) in [4.78, 5) is 12.6. The predicted octanol–water partition coefficient (Wildman–Crippen LogP) is 4.86. The highest BCUT2D eigenvalue weighted by atomic mass is 16.7. The molecule has 0 aliphatic rings. The van der Waals surface area contributed by atoms with Crippen LogP contribution in [0.1, 0.15) is 109 Å². The monoisotopic (exact) mass is 520 g/mol. The summed E-state index contributed by atoms with van der Waals surface area (Å²) in [5.41, 5.74) is 8.57. The van der Waals surface area contributed by atoms with E-state index in [-0.39, 0.29) is 12.3 Å². The van der Waals surface area contributed by atoms with E-state index in [0.717, 1.165) is 0 Å². The average Bonchev–Trinajstić information content (AvgIpc) is 2.56. The highest BCUT2D eigenvalue weighted by Crippen LogP contribution is 2.36. The molecular weight excluding hydrogens is 464 g/mol. The van der Waals surface area contributed by atoms with E-state index in [1.807, 2.05) is 48.5 Å². The molecule has 4 atom stereocenters. The highest BCUT2D eigenvalue weighted by Gasteiger charge is 2.41. The Morgan fingerprint density at radius 2 is 1.39 bits per heavy atom. The van der Waals surface area contributed by atoms with Crippen LogP contribution in [0.3, 0.4) is 0 Å². The van der Waals surface area contributed by atoms with Gasteiger partial charge in [-0.1, -0.05) is 13.8 Å². The third kappa shape index (κ3) is 15.3. The first-order chi connectivity index (χ1) is 16.0. The van der Waals surface area contributed by atoms with Crippen LogP contribution in [-0.4, -0.2) is 65.4 Å². The van der Waals surface area contributed by atoms with Crippen LogP contribution in [0.15, 0.2) is 0 Å². The third-order valence-electron chi connectivity index (χ3n) is 6.30. The molecule has 0 aromatic carbocycles. The van der Waals surface area contributed by atoms with Gasteiger partial charge in [0, 0.05) is 11.8 Å². The lowest BCUT2D eigenvalue weighted by atomic mass is 9.77. The van der Waals surface area contributed by atoms with E-state index in [2.05, 4.69) is 0 Å². The molecule has 0 rings (SSSR count). The van der Waals surface area contributed by atoms with Crippen molar-refractivity contribution in [1.82, 2.24) is 0 Å². The molecule has 0 saturated heterocycles. The van der Waals surface area contributed by atoms with E-state index in [0.29, 0.717) is 38.9 Å². The van der Waals surface area contributed by atoms with Crippen molar-refractivity contribution >= 4 is 6.16 Å². The van der Waals surface area contributed by atoms with Gasteiger partial charge in [-0.15, -0.1) is 0 Å². The molecule has 9 heteroatoms. The molecule has 0 fully saturated rings. The summed E-state index contributed by atoms with van der Waals surface area (Å²) in [6.45, 7) is 23.2. The van der Waals surface area contributed by atoms with Gasteiger partial charge >= 0.3 is 6.16 Å². The number of ether oxygens (including phenoxy) is 5. The zero-order valence-corrected chi connectivity index (χ0v) is 25.0. The molecule has 0 heterocycles. The molecule has 0 aliphatic heterocycles. The van der Waals surface area contributed by atoms with Crippen LogP contribution in [-0.2, 0) is 23.7 Å². The third-order valence-corrected chi connectivity index (χ3v) is 6.30. The molecule has 0 spiro atoms. The molecule has 0 radical (unpaired) electrons. The SMILES string of the molecule is CC(N)OCCC(C)(C)OC(C)CC(C)(C)OC(=O)OC(C)CC(C)(C)C(C)(N)OCCC(C)(C)O. The van der Waals surface area contributed by atoms with Gasteiger partial charge in [0.15, 0.2) is 0 Å². The normalized spacial score (nSPS) is 17.8. The Labute approximate surface area is 219 Å². The molecule has 0 aliphatic carbocycles. The van der Waals surface area contributed by atoms with Crippen molar-refractivity contribution in [2.45, 2.75) is 150 Å². The lowest BCUT2D eigenvalue weighted by molar-refractivity contribution is -0.134. The number of aliphatic hydroxyl groups is 1. The van der Waals surface area contributed by atoms with Gasteiger partial charge in [-0.3, -0.25) is 0 Å². The maximum absolute atomic E-state index is 12.6. The van der Waals surface area contributed by atoms with Crippen molar-refractivity contribution in [1.29, 1.82) is 0 Å². The fourth-order valence-electron chi connectivity index (χ4n) is 3.95. The Kier molecular flexibility index (Phi) is 13.3. The fourth-order valence-corrected chi connectivity index (χ4v) is 3.95. The zero-order chi connectivity index (χ0) is 28.6. The Morgan fingerprint density at radius 1 is 0.833 bits per heavy atom. The first-order valence-corrected chi connectivity index (χ1v) is 13.1. The summed E-state index contributed by atoms with van der Waals surface area (Å²) in [6, 6.07) is 0. The van der Waals surface area contributed by atoms with Crippen LogP contribution in [0.2, 0.25) is 0 Å². The topological polar surface area (TPSA) is 135 Å². The Morgan fingerprint density at radius 3 is 1.89 bits per heavy atom. The quantitative estimate of drug-likeness (QED) is 0.181. The van der Waals surface area contributed by atoms with E-state index in [9.17, 15) is 9.90 Å². The van der Waals surface area contributed by atoms with Gasteiger partial charge in [0.2, 0.25) is 0 Å². The van der Waals surface area contributed by atoms with Crippen molar-refractivity contribution < 1.29 is 33.6 Å². The second kappa shape index (κ2) is 13.7. The Balaban J connectivity index is 4.75. The number of carbonyl (C=O) groups excluding carboxylic acids is 1. The minimum atomic E-state index is -0.980. The van der Waals surface area contributed by atoms with Crippen molar-refractivity contribution in [3.8, 4) is 0 Å². The van der Waals surface area contributed by atoms with Crippen molar-refractivity contribution in [2.24, 2.45) is 16.9 Å². The van der Waals surface area contributed by atoms with Crippen molar-refractivity contribution in [3.05, 3.63) is 0 Å². The van der Waals surface area contributed by atoms with E-state index < -0.39 is 40.2 Å². The standard InChI is InChI=1S/C27H56N2O7/c1-19(17-23(4,5)27(12,29)33-16-13-24(6,7)31)34-22(30)36-26(10,11)18-20(2)35-25(8,9)14-15-32-21(3)28/h19-21,31H,13-18,28-29H2,1-12H3. The van der Waals surface area contributed by atoms with Gasteiger partial charge in [0.05, 0.1) is 30.5 Å². The zero-order valence-electron chi connectivity index (χ0n) is 25.0. The molecule has 0 aromatic rings. The number of carbonyl (C=O) groups is 1. The summed E-state index contributed by atoms with van der Waals surface area (Å²) in [7, 11) is 0. The summed E-state index contributed by atoms with van der Waals surface area (Å²) < 4.78 is 28.7. The number of hydrogen-bond acceptors (Lipinski definition) is 9. The van der Waals surface area contributed by atoms with Gasteiger partial charge in [-0.05, 0) is 88.5 Å². The maximum Gasteiger partial charge on any atom is 0.509 e. The van der Waals surface area contributed by atoms with Gasteiger partial charge in [0.1, 0.15) is 23.7 Å². The van der Waals surface area contributed by atoms with Crippen LogP contribution in [0.4, 0.5) is 4.79 Å². The maximum atomic E-state index is 12.6. The van der Waals surface area contributed by atoms with E-state index in [4.69, 9.17) is 35.2 Å².